The zero-order chi connectivity index (χ0) is 21.7. The zero-order valence-electron chi connectivity index (χ0n) is 17.5. The van der Waals surface area contributed by atoms with Gasteiger partial charge in [0.15, 0.2) is 0 Å². The van der Waals surface area contributed by atoms with E-state index in [-0.39, 0.29) is 11.1 Å². The molecular weight excluding hydrogens is 415 g/mol. The minimum absolute atomic E-state index is 0.132. The quantitative estimate of drug-likeness (QED) is 0.505. The van der Waals surface area contributed by atoms with E-state index in [9.17, 15) is 4.39 Å². The Morgan fingerprint density at radius 1 is 1.19 bits per heavy atom. The third-order valence-electron chi connectivity index (χ3n) is 5.75. The predicted molar refractivity (Wildman–Crippen MR) is 121 cm³/mol. The number of nitrogens with one attached hydrogen (secondary N) is 1. The number of hydrogen-bond donors (Lipinski definition) is 1. The lowest BCUT2D eigenvalue weighted by molar-refractivity contribution is 0.623. The molecule has 4 heterocycles. The fourth-order valence-corrected chi connectivity index (χ4v) is 4.41. The molecule has 0 saturated heterocycles. The third-order valence-corrected chi connectivity index (χ3v) is 6.04. The van der Waals surface area contributed by atoms with Gasteiger partial charge >= 0.3 is 0 Å². The van der Waals surface area contributed by atoms with Crippen LogP contribution in [0.3, 0.4) is 0 Å². The molecule has 3 aromatic heterocycles. The van der Waals surface area contributed by atoms with Crippen LogP contribution in [0.1, 0.15) is 28.6 Å². The SMILES string of the molecule is Cc1ccnc(N2CCc3c([nH]c4cc(F)c(Cl)cc34)C2c2ccc(N(C)C)nc2)n1. The summed E-state index contributed by atoms with van der Waals surface area (Å²) in [6, 6.07) is 8.96. The maximum Gasteiger partial charge on any atom is 0.226 e. The van der Waals surface area contributed by atoms with E-state index < -0.39 is 5.82 Å². The van der Waals surface area contributed by atoms with E-state index in [0.29, 0.717) is 5.95 Å². The largest absolute Gasteiger partial charge is 0.363 e. The highest BCUT2D eigenvalue weighted by molar-refractivity contribution is 6.31. The highest BCUT2D eigenvalue weighted by Gasteiger charge is 2.34. The number of aryl methyl sites for hydroxylation is 1. The number of halogens is 2. The molecule has 0 amide bonds. The molecular formula is C23H22ClFN6. The van der Waals surface area contributed by atoms with E-state index in [2.05, 4.69) is 30.9 Å². The number of rotatable bonds is 3. The van der Waals surface area contributed by atoms with Crippen molar-refractivity contribution in [2.75, 3.05) is 30.4 Å². The van der Waals surface area contributed by atoms with Gasteiger partial charge in [-0.15, -0.1) is 0 Å². The lowest BCUT2D eigenvalue weighted by Crippen LogP contribution is -2.37. The number of aromatic amines is 1. The van der Waals surface area contributed by atoms with Crippen LogP contribution in [0.4, 0.5) is 16.2 Å². The summed E-state index contributed by atoms with van der Waals surface area (Å²) in [4.78, 5) is 21.4. The van der Waals surface area contributed by atoms with Gasteiger partial charge in [0, 0.05) is 55.3 Å². The standard InChI is InChI=1S/C23H22ClFN6/c1-13-6-8-26-23(28-13)31-9-7-15-16-10-17(24)18(25)11-19(16)29-21(15)22(31)14-4-5-20(27-12-14)30(2)3/h4-6,8,10-12,22,29H,7,9H2,1-3H3. The van der Waals surface area contributed by atoms with Crippen molar-refractivity contribution in [3.63, 3.8) is 0 Å². The van der Waals surface area contributed by atoms with Gasteiger partial charge in [-0.1, -0.05) is 17.7 Å². The Labute approximate surface area is 184 Å². The second kappa shape index (κ2) is 7.50. The lowest BCUT2D eigenvalue weighted by atomic mass is 9.93. The van der Waals surface area contributed by atoms with Gasteiger partial charge < -0.3 is 14.8 Å². The number of pyridine rings is 1. The average Bonchev–Trinajstić information content (AvgIpc) is 3.10. The van der Waals surface area contributed by atoms with E-state index in [0.717, 1.165) is 52.2 Å². The summed E-state index contributed by atoms with van der Waals surface area (Å²) in [7, 11) is 3.92. The van der Waals surface area contributed by atoms with Crippen LogP contribution in [0.2, 0.25) is 5.02 Å². The van der Waals surface area contributed by atoms with Crippen LogP contribution >= 0.6 is 11.6 Å². The lowest BCUT2D eigenvalue weighted by Gasteiger charge is -2.36. The first-order valence-corrected chi connectivity index (χ1v) is 10.5. The van der Waals surface area contributed by atoms with Crippen LogP contribution in [0.15, 0.2) is 42.7 Å². The summed E-state index contributed by atoms with van der Waals surface area (Å²) < 4.78 is 14.1. The molecule has 0 spiro atoms. The van der Waals surface area contributed by atoms with Gasteiger partial charge in [-0.05, 0) is 48.7 Å². The second-order valence-corrected chi connectivity index (χ2v) is 8.42. The number of nitrogens with zero attached hydrogens (tertiary/aromatic N) is 5. The number of H-pyrrole nitrogens is 1. The zero-order valence-corrected chi connectivity index (χ0v) is 18.3. The molecule has 5 rings (SSSR count). The molecule has 1 unspecified atom stereocenters. The van der Waals surface area contributed by atoms with Crippen LogP contribution < -0.4 is 9.80 Å². The molecule has 1 atom stereocenters. The molecule has 31 heavy (non-hydrogen) atoms. The monoisotopic (exact) mass is 436 g/mol. The van der Waals surface area contributed by atoms with Gasteiger partial charge in [0.2, 0.25) is 5.95 Å². The molecule has 158 valence electrons. The summed E-state index contributed by atoms with van der Waals surface area (Å²) in [5.41, 5.74) is 4.78. The maximum atomic E-state index is 14.1. The summed E-state index contributed by atoms with van der Waals surface area (Å²) >= 11 is 6.10. The summed E-state index contributed by atoms with van der Waals surface area (Å²) in [5, 5.41) is 1.08. The van der Waals surface area contributed by atoms with Gasteiger partial charge in [-0.3, -0.25) is 0 Å². The minimum atomic E-state index is -0.430. The predicted octanol–water partition coefficient (Wildman–Crippen LogP) is 4.67. The van der Waals surface area contributed by atoms with Gasteiger partial charge in [0.05, 0.1) is 11.1 Å². The van der Waals surface area contributed by atoms with Gasteiger partial charge in [0.25, 0.3) is 0 Å². The Balaban J connectivity index is 1.70. The fraction of sp³-hybridized carbons (Fsp3) is 0.261. The van der Waals surface area contributed by atoms with Crippen molar-refractivity contribution in [3.8, 4) is 0 Å². The van der Waals surface area contributed by atoms with Crippen molar-refractivity contribution in [2.45, 2.75) is 19.4 Å². The Morgan fingerprint density at radius 3 is 2.74 bits per heavy atom. The number of fused-ring (bicyclic) bond motifs is 3. The smallest absolute Gasteiger partial charge is 0.226 e. The van der Waals surface area contributed by atoms with Crippen molar-refractivity contribution >= 4 is 34.3 Å². The molecule has 1 aliphatic rings. The molecule has 0 saturated carbocycles. The summed E-state index contributed by atoms with van der Waals surface area (Å²) in [6.07, 6.45) is 4.43. The Kier molecular flexibility index (Phi) is 4.78. The molecule has 0 bridgehead atoms. The normalized spacial score (nSPS) is 15.9. The van der Waals surface area contributed by atoms with E-state index in [1.807, 2.05) is 44.2 Å². The number of hydrogen-bond acceptors (Lipinski definition) is 5. The van der Waals surface area contributed by atoms with E-state index in [1.54, 1.807) is 12.3 Å². The van der Waals surface area contributed by atoms with Crippen molar-refractivity contribution in [1.29, 1.82) is 0 Å². The molecule has 1 aromatic carbocycles. The highest BCUT2D eigenvalue weighted by Crippen LogP contribution is 2.40. The number of benzene rings is 1. The van der Waals surface area contributed by atoms with Crippen LogP contribution in [-0.2, 0) is 6.42 Å². The van der Waals surface area contributed by atoms with Crippen LogP contribution in [-0.4, -0.2) is 40.6 Å². The van der Waals surface area contributed by atoms with Crippen LogP contribution in [0.5, 0.6) is 0 Å². The van der Waals surface area contributed by atoms with E-state index in [1.165, 1.54) is 6.07 Å². The van der Waals surface area contributed by atoms with Gasteiger partial charge in [0.1, 0.15) is 11.6 Å². The van der Waals surface area contributed by atoms with Gasteiger partial charge in [-0.2, -0.15) is 0 Å². The highest BCUT2D eigenvalue weighted by atomic mass is 35.5. The minimum Gasteiger partial charge on any atom is -0.363 e. The van der Waals surface area contributed by atoms with Crippen LogP contribution in [0.25, 0.3) is 10.9 Å². The first-order chi connectivity index (χ1) is 14.9. The first-order valence-electron chi connectivity index (χ1n) is 10.1. The van der Waals surface area contributed by atoms with Crippen molar-refractivity contribution < 1.29 is 4.39 Å². The van der Waals surface area contributed by atoms with Crippen molar-refractivity contribution in [1.82, 2.24) is 19.9 Å². The fourth-order valence-electron chi connectivity index (χ4n) is 4.25. The topological polar surface area (TPSA) is 60.9 Å². The second-order valence-electron chi connectivity index (χ2n) is 8.02. The Morgan fingerprint density at radius 2 is 2.03 bits per heavy atom. The molecule has 0 fully saturated rings. The molecule has 0 radical (unpaired) electrons. The summed E-state index contributed by atoms with van der Waals surface area (Å²) in [6.45, 7) is 2.68. The first kappa shape index (κ1) is 19.8. The molecule has 0 aliphatic carbocycles. The number of aromatic nitrogens is 4. The molecule has 1 aliphatic heterocycles. The van der Waals surface area contributed by atoms with E-state index in [4.69, 9.17) is 11.6 Å². The average molecular weight is 437 g/mol. The van der Waals surface area contributed by atoms with Crippen molar-refractivity contribution in [2.24, 2.45) is 0 Å². The molecule has 1 N–H and O–H groups in total. The molecule has 4 aromatic rings. The summed E-state index contributed by atoms with van der Waals surface area (Å²) in [5.74, 6) is 1.11. The maximum absolute atomic E-state index is 14.1. The third kappa shape index (κ3) is 3.39. The van der Waals surface area contributed by atoms with Crippen LogP contribution in [0, 0.1) is 12.7 Å². The molecule has 8 heteroatoms. The molecule has 6 nitrogen and oxygen atoms in total. The Bertz CT molecular complexity index is 1270. The number of anilines is 2. The van der Waals surface area contributed by atoms with Gasteiger partial charge in [-0.25, -0.2) is 19.3 Å². The van der Waals surface area contributed by atoms with Crippen molar-refractivity contribution in [3.05, 3.63) is 76.1 Å². The van der Waals surface area contributed by atoms with E-state index >= 15 is 0 Å². The Hall–Kier alpha value is -3.19.